The lowest BCUT2D eigenvalue weighted by Crippen LogP contribution is -1.99. The van der Waals surface area contributed by atoms with E-state index in [4.69, 9.17) is 16.7 Å². The van der Waals surface area contributed by atoms with Crippen molar-refractivity contribution in [3.63, 3.8) is 0 Å². The fraction of sp³-hybridized carbons (Fsp3) is 0.0769. The summed E-state index contributed by atoms with van der Waals surface area (Å²) in [6.45, 7) is 2.02. The lowest BCUT2D eigenvalue weighted by molar-refractivity contribution is 0.0696. The maximum atomic E-state index is 10.8. The Morgan fingerprint density at radius 3 is 2.44 bits per heavy atom. The van der Waals surface area contributed by atoms with Crippen LogP contribution in [0.1, 0.15) is 15.9 Å². The lowest BCUT2D eigenvalue weighted by Gasteiger charge is -2.03. The van der Waals surface area contributed by atoms with Gasteiger partial charge in [-0.3, -0.25) is 0 Å². The zero-order valence-corrected chi connectivity index (χ0v) is 11.1. The molecule has 0 saturated carbocycles. The molecule has 0 aliphatic rings. The second kappa shape index (κ2) is 5.42. The molecule has 0 aliphatic carbocycles. The highest BCUT2D eigenvalue weighted by molar-refractivity contribution is 7.99. The molecule has 0 saturated heterocycles. The van der Waals surface area contributed by atoms with E-state index in [2.05, 4.69) is 4.98 Å². The second-order valence-electron chi connectivity index (χ2n) is 3.71. The minimum Gasteiger partial charge on any atom is -0.478 e. The minimum atomic E-state index is -1.07. The first kappa shape index (κ1) is 12.9. The topological polar surface area (TPSA) is 50.2 Å². The average molecular weight is 280 g/mol. The molecule has 1 N–H and O–H groups in total. The van der Waals surface area contributed by atoms with Crippen molar-refractivity contribution in [2.75, 3.05) is 0 Å². The molecule has 2 rings (SSSR count). The Hall–Kier alpha value is -1.52. The molecule has 0 unspecified atom stereocenters. The summed E-state index contributed by atoms with van der Waals surface area (Å²) < 4.78 is 0. The Bertz CT molecular complexity index is 584. The molecule has 0 radical (unpaired) electrons. The van der Waals surface area contributed by atoms with Crippen LogP contribution in [0.25, 0.3) is 0 Å². The third kappa shape index (κ3) is 3.03. The number of carboxylic acids is 1. The molecule has 0 bridgehead atoms. The SMILES string of the molecule is Cc1ccc(Sc2ccc(C(=O)O)c(Cl)n2)cc1. The molecule has 1 heterocycles. The van der Waals surface area contributed by atoms with Gasteiger partial charge in [0.05, 0.1) is 5.56 Å². The Morgan fingerprint density at radius 1 is 1.22 bits per heavy atom. The van der Waals surface area contributed by atoms with Gasteiger partial charge in [0.15, 0.2) is 0 Å². The van der Waals surface area contributed by atoms with Crippen LogP contribution in [0.15, 0.2) is 46.3 Å². The largest absolute Gasteiger partial charge is 0.478 e. The average Bonchev–Trinajstić information content (AvgIpc) is 2.32. The number of halogens is 1. The molecule has 2 aromatic rings. The highest BCUT2D eigenvalue weighted by Gasteiger charge is 2.10. The summed E-state index contributed by atoms with van der Waals surface area (Å²) in [6.07, 6.45) is 0. The molecule has 0 aliphatic heterocycles. The van der Waals surface area contributed by atoms with Crippen molar-refractivity contribution >= 4 is 29.3 Å². The number of carbonyl (C=O) groups is 1. The highest BCUT2D eigenvalue weighted by atomic mass is 35.5. The van der Waals surface area contributed by atoms with Gasteiger partial charge in [-0.1, -0.05) is 41.1 Å². The van der Waals surface area contributed by atoms with E-state index in [0.717, 1.165) is 4.90 Å². The maximum Gasteiger partial charge on any atom is 0.338 e. The number of nitrogens with zero attached hydrogens (tertiary/aromatic N) is 1. The van der Waals surface area contributed by atoms with Crippen LogP contribution in [0.2, 0.25) is 5.15 Å². The van der Waals surface area contributed by atoms with Crippen LogP contribution >= 0.6 is 23.4 Å². The minimum absolute atomic E-state index is 0.0135. The van der Waals surface area contributed by atoms with E-state index < -0.39 is 5.97 Å². The molecule has 5 heteroatoms. The number of aromatic carboxylic acids is 1. The lowest BCUT2D eigenvalue weighted by atomic mass is 10.2. The fourth-order valence-electron chi connectivity index (χ4n) is 1.36. The Kier molecular flexibility index (Phi) is 3.89. The molecule has 3 nitrogen and oxygen atoms in total. The van der Waals surface area contributed by atoms with Crippen LogP contribution in [0, 0.1) is 6.92 Å². The van der Waals surface area contributed by atoms with Gasteiger partial charge in [0.2, 0.25) is 0 Å². The van der Waals surface area contributed by atoms with Gasteiger partial charge in [-0.15, -0.1) is 0 Å². The summed E-state index contributed by atoms with van der Waals surface area (Å²) in [5.41, 5.74) is 1.21. The monoisotopic (exact) mass is 279 g/mol. The molecule has 0 atom stereocenters. The molecule has 1 aromatic heterocycles. The Labute approximate surface area is 114 Å². The van der Waals surface area contributed by atoms with Gasteiger partial charge >= 0.3 is 5.97 Å². The van der Waals surface area contributed by atoms with Gasteiger partial charge in [-0.05, 0) is 31.2 Å². The number of hydrogen-bond acceptors (Lipinski definition) is 3. The number of rotatable bonds is 3. The molecule has 92 valence electrons. The normalized spacial score (nSPS) is 10.3. The van der Waals surface area contributed by atoms with E-state index in [0.29, 0.717) is 5.03 Å². The van der Waals surface area contributed by atoms with Crippen LogP contribution in [0.5, 0.6) is 0 Å². The van der Waals surface area contributed by atoms with Gasteiger partial charge in [0, 0.05) is 4.90 Å². The standard InChI is InChI=1S/C13H10ClNO2S/c1-8-2-4-9(5-3-8)18-11-7-6-10(13(16)17)12(14)15-11/h2-7H,1H3,(H,16,17). The van der Waals surface area contributed by atoms with E-state index in [1.165, 1.54) is 23.4 Å². The summed E-state index contributed by atoms with van der Waals surface area (Å²) in [4.78, 5) is 15.9. The predicted octanol–water partition coefficient (Wildman–Crippen LogP) is 3.89. The number of carboxylic acid groups (broad SMARTS) is 1. The molecule has 18 heavy (non-hydrogen) atoms. The number of aromatic nitrogens is 1. The summed E-state index contributed by atoms with van der Waals surface area (Å²) in [7, 11) is 0. The van der Waals surface area contributed by atoms with Crippen LogP contribution in [-0.2, 0) is 0 Å². The van der Waals surface area contributed by atoms with Gasteiger partial charge in [-0.25, -0.2) is 9.78 Å². The Morgan fingerprint density at radius 2 is 1.89 bits per heavy atom. The molecular formula is C13H10ClNO2S. The highest BCUT2D eigenvalue weighted by Crippen LogP contribution is 2.28. The van der Waals surface area contributed by atoms with Crippen molar-refractivity contribution in [1.29, 1.82) is 0 Å². The third-order valence-electron chi connectivity index (χ3n) is 2.30. The maximum absolute atomic E-state index is 10.8. The molecule has 0 amide bonds. The molecular weight excluding hydrogens is 270 g/mol. The first-order valence-electron chi connectivity index (χ1n) is 5.20. The zero-order valence-electron chi connectivity index (χ0n) is 9.55. The van der Waals surface area contributed by atoms with E-state index in [-0.39, 0.29) is 10.7 Å². The Balaban J connectivity index is 2.22. The smallest absolute Gasteiger partial charge is 0.338 e. The molecule has 0 spiro atoms. The van der Waals surface area contributed by atoms with Crippen molar-refractivity contribution < 1.29 is 9.90 Å². The summed E-state index contributed by atoms with van der Waals surface area (Å²) in [5.74, 6) is -1.07. The first-order chi connectivity index (χ1) is 8.56. The van der Waals surface area contributed by atoms with E-state index in [1.807, 2.05) is 31.2 Å². The van der Waals surface area contributed by atoms with Gasteiger partial charge < -0.3 is 5.11 Å². The quantitative estimate of drug-likeness (QED) is 0.866. The third-order valence-corrected chi connectivity index (χ3v) is 3.53. The van der Waals surface area contributed by atoms with Crippen LogP contribution in [0.3, 0.4) is 0 Å². The van der Waals surface area contributed by atoms with Gasteiger partial charge in [0.25, 0.3) is 0 Å². The first-order valence-corrected chi connectivity index (χ1v) is 6.40. The second-order valence-corrected chi connectivity index (χ2v) is 5.16. The van der Waals surface area contributed by atoms with Gasteiger partial charge in [-0.2, -0.15) is 0 Å². The number of pyridine rings is 1. The summed E-state index contributed by atoms with van der Waals surface area (Å²) in [6, 6.07) is 11.1. The van der Waals surface area contributed by atoms with Crippen molar-refractivity contribution in [2.45, 2.75) is 16.8 Å². The molecule has 0 fully saturated rings. The van der Waals surface area contributed by atoms with Crippen LogP contribution < -0.4 is 0 Å². The van der Waals surface area contributed by atoms with Gasteiger partial charge in [0.1, 0.15) is 10.2 Å². The van der Waals surface area contributed by atoms with Crippen LogP contribution in [0.4, 0.5) is 0 Å². The number of benzene rings is 1. The zero-order chi connectivity index (χ0) is 13.1. The number of aryl methyl sites for hydroxylation is 1. The molecule has 1 aromatic carbocycles. The number of hydrogen-bond donors (Lipinski definition) is 1. The van der Waals surface area contributed by atoms with Crippen LogP contribution in [-0.4, -0.2) is 16.1 Å². The summed E-state index contributed by atoms with van der Waals surface area (Å²) >= 11 is 7.25. The van der Waals surface area contributed by atoms with Crippen molar-refractivity contribution in [1.82, 2.24) is 4.98 Å². The van der Waals surface area contributed by atoms with Crippen molar-refractivity contribution in [3.05, 3.63) is 52.7 Å². The predicted molar refractivity (Wildman–Crippen MR) is 71.5 cm³/mol. The van der Waals surface area contributed by atoms with E-state index >= 15 is 0 Å². The fourth-order valence-corrected chi connectivity index (χ4v) is 2.43. The van der Waals surface area contributed by atoms with E-state index in [9.17, 15) is 4.79 Å². The van der Waals surface area contributed by atoms with Crippen molar-refractivity contribution in [2.24, 2.45) is 0 Å². The summed E-state index contributed by atoms with van der Waals surface area (Å²) in [5, 5.41) is 9.53. The van der Waals surface area contributed by atoms with Crippen molar-refractivity contribution in [3.8, 4) is 0 Å². The van der Waals surface area contributed by atoms with E-state index in [1.54, 1.807) is 6.07 Å².